The average molecular weight is 167 g/mol. The second-order valence-electron chi connectivity index (χ2n) is 2.65. The van der Waals surface area contributed by atoms with Gasteiger partial charge in [-0.25, -0.2) is 0 Å². The van der Waals surface area contributed by atoms with Crippen LogP contribution in [0, 0.1) is 6.92 Å². The first-order valence-corrected chi connectivity index (χ1v) is 3.94. The number of hydrogen-bond donors (Lipinski definition) is 1. The van der Waals surface area contributed by atoms with E-state index in [1.165, 1.54) is 0 Å². The van der Waals surface area contributed by atoms with Crippen LogP contribution in [0.15, 0.2) is 6.07 Å². The van der Waals surface area contributed by atoms with Crippen molar-refractivity contribution in [2.45, 2.75) is 13.8 Å². The third kappa shape index (κ3) is 1.64. The maximum absolute atomic E-state index is 11.3. The smallest absolute Gasteiger partial charge is 0.269 e. The maximum Gasteiger partial charge on any atom is 0.269 e. The minimum atomic E-state index is -0.0689. The number of nitrogens with zero attached hydrogens (tertiary/aromatic N) is 2. The van der Waals surface area contributed by atoms with E-state index in [0.717, 1.165) is 5.69 Å². The number of hydrogen-bond acceptors (Lipinski definition) is 2. The van der Waals surface area contributed by atoms with Gasteiger partial charge in [0.15, 0.2) is 0 Å². The van der Waals surface area contributed by atoms with Gasteiger partial charge in [0.2, 0.25) is 0 Å². The van der Waals surface area contributed by atoms with Crippen molar-refractivity contribution in [3.05, 3.63) is 17.5 Å². The van der Waals surface area contributed by atoms with E-state index in [0.29, 0.717) is 12.2 Å². The largest absolute Gasteiger partial charge is 0.351 e. The SMILES string of the molecule is CCNC(=O)c1cc(C)nn1C. The Morgan fingerprint density at radius 2 is 2.42 bits per heavy atom. The lowest BCUT2D eigenvalue weighted by atomic mass is 10.3. The second-order valence-corrected chi connectivity index (χ2v) is 2.65. The third-order valence-electron chi connectivity index (χ3n) is 1.57. The van der Waals surface area contributed by atoms with E-state index in [9.17, 15) is 4.79 Å². The van der Waals surface area contributed by atoms with Gasteiger partial charge in [0.25, 0.3) is 5.91 Å². The molecule has 0 saturated heterocycles. The molecule has 0 bridgehead atoms. The molecule has 0 aliphatic heterocycles. The fraction of sp³-hybridized carbons (Fsp3) is 0.500. The summed E-state index contributed by atoms with van der Waals surface area (Å²) in [7, 11) is 1.76. The van der Waals surface area contributed by atoms with Crippen molar-refractivity contribution >= 4 is 5.91 Å². The molecule has 0 radical (unpaired) electrons. The molecule has 12 heavy (non-hydrogen) atoms. The molecule has 0 atom stereocenters. The molecule has 1 rings (SSSR count). The topological polar surface area (TPSA) is 46.9 Å². The monoisotopic (exact) mass is 167 g/mol. The lowest BCUT2D eigenvalue weighted by molar-refractivity contribution is 0.0946. The van der Waals surface area contributed by atoms with Gasteiger partial charge >= 0.3 is 0 Å². The van der Waals surface area contributed by atoms with Gasteiger partial charge in [-0.05, 0) is 19.9 Å². The summed E-state index contributed by atoms with van der Waals surface area (Å²) in [6, 6.07) is 1.77. The van der Waals surface area contributed by atoms with E-state index >= 15 is 0 Å². The van der Waals surface area contributed by atoms with Crippen LogP contribution in [0.2, 0.25) is 0 Å². The molecular formula is C8H13N3O. The molecule has 0 saturated carbocycles. The van der Waals surface area contributed by atoms with Gasteiger partial charge in [-0.2, -0.15) is 5.10 Å². The van der Waals surface area contributed by atoms with Crippen molar-refractivity contribution in [2.24, 2.45) is 7.05 Å². The van der Waals surface area contributed by atoms with Crippen molar-refractivity contribution in [3.8, 4) is 0 Å². The van der Waals surface area contributed by atoms with Gasteiger partial charge in [-0.3, -0.25) is 9.48 Å². The van der Waals surface area contributed by atoms with Crippen molar-refractivity contribution in [1.29, 1.82) is 0 Å². The first-order chi connectivity index (χ1) is 5.65. The second kappa shape index (κ2) is 3.38. The van der Waals surface area contributed by atoms with E-state index in [1.54, 1.807) is 17.8 Å². The van der Waals surface area contributed by atoms with Crippen LogP contribution < -0.4 is 5.32 Å². The highest BCUT2D eigenvalue weighted by atomic mass is 16.2. The molecule has 0 aromatic carbocycles. The molecule has 1 aromatic rings. The van der Waals surface area contributed by atoms with Gasteiger partial charge in [0.05, 0.1) is 5.69 Å². The van der Waals surface area contributed by atoms with Crippen LogP contribution >= 0.6 is 0 Å². The Hall–Kier alpha value is -1.32. The van der Waals surface area contributed by atoms with Crippen molar-refractivity contribution < 1.29 is 4.79 Å². The predicted octanol–water partition coefficient (Wildman–Crippen LogP) is 0.478. The molecular weight excluding hydrogens is 154 g/mol. The number of aromatic nitrogens is 2. The third-order valence-corrected chi connectivity index (χ3v) is 1.57. The van der Waals surface area contributed by atoms with Crippen LogP contribution in [0.1, 0.15) is 23.1 Å². The quantitative estimate of drug-likeness (QED) is 0.696. The van der Waals surface area contributed by atoms with E-state index in [4.69, 9.17) is 0 Å². The van der Waals surface area contributed by atoms with Crippen LogP contribution in [0.25, 0.3) is 0 Å². The summed E-state index contributed by atoms with van der Waals surface area (Å²) in [6.45, 7) is 4.40. The highest BCUT2D eigenvalue weighted by molar-refractivity contribution is 5.92. The average Bonchev–Trinajstić information content (AvgIpc) is 2.30. The lowest BCUT2D eigenvalue weighted by Crippen LogP contribution is -2.24. The van der Waals surface area contributed by atoms with Crippen molar-refractivity contribution in [1.82, 2.24) is 15.1 Å². The number of carbonyl (C=O) groups is 1. The molecule has 1 aromatic heterocycles. The number of aryl methyl sites for hydroxylation is 2. The summed E-state index contributed by atoms with van der Waals surface area (Å²) in [6.07, 6.45) is 0. The normalized spacial score (nSPS) is 9.92. The molecule has 0 unspecified atom stereocenters. The fourth-order valence-corrected chi connectivity index (χ4v) is 1.07. The summed E-state index contributed by atoms with van der Waals surface area (Å²) in [5.41, 5.74) is 1.47. The summed E-state index contributed by atoms with van der Waals surface area (Å²) in [5.74, 6) is -0.0689. The molecule has 1 N–H and O–H groups in total. The summed E-state index contributed by atoms with van der Waals surface area (Å²) in [5, 5.41) is 6.79. The molecule has 66 valence electrons. The highest BCUT2D eigenvalue weighted by Gasteiger charge is 2.09. The van der Waals surface area contributed by atoms with E-state index < -0.39 is 0 Å². The zero-order chi connectivity index (χ0) is 9.14. The molecule has 0 fully saturated rings. The number of amides is 1. The van der Waals surface area contributed by atoms with Crippen molar-refractivity contribution in [3.63, 3.8) is 0 Å². The summed E-state index contributed by atoms with van der Waals surface area (Å²) < 4.78 is 1.58. The van der Waals surface area contributed by atoms with Gasteiger partial charge in [-0.15, -0.1) is 0 Å². The van der Waals surface area contributed by atoms with Crippen LogP contribution in [0.5, 0.6) is 0 Å². The van der Waals surface area contributed by atoms with Gasteiger partial charge in [0.1, 0.15) is 5.69 Å². The molecule has 4 nitrogen and oxygen atoms in total. The Morgan fingerprint density at radius 1 is 1.75 bits per heavy atom. The van der Waals surface area contributed by atoms with Crippen LogP contribution in [0.4, 0.5) is 0 Å². The first kappa shape index (κ1) is 8.77. The molecule has 1 heterocycles. The highest BCUT2D eigenvalue weighted by Crippen LogP contribution is 2.00. The lowest BCUT2D eigenvalue weighted by Gasteiger charge is -2.00. The van der Waals surface area contributed by atoms with Gasteiger partial charge in [0, 0.05) is 13.6 Å². The minimum absolute atomic E-state index is 0.0689. The zero-order valence-electron chi connectivity index (χ0n) is 7.59. The maximum atomic E-state index is 11.3. The van der Waals surface area contributed by atoms with Crippen LogP contribution in [0.3, 0.4) is 0 Å². The summed E-state index contributed by atoms with van der Waals surface area (Å²) >= 11 is 0. The summed E-state index contributed by atoms with van der Waals surface area (Å²) in [4.78, 5) is 11.3. The first-order valence-electron chi connectivity index (χ1n) is 3.94. The van der Waals surface area contributed by atoms with Crippen LogP contribution in [-0.4, -0.2) is 22.2 Å². The minimum Gasteiger partial charge on any atom is -0.351 e. The Labute approximate surface area is 71.6 Å². The standard InChI is InChI=1S/C8H13N3O/c1-4-9-8(12)7-5-6(2)10-11(7)3/h5H,4H2,1-3H3,(H,9,12). The molecule has 1 amide bonds. The Balaban J connectivity index is 2.87. The van der Waals surface area contributed by atoms with E-state index in [-0.39, 0.29) is 5.91 Å². The Morgan fingerprint density at radius 3 is 2.83 bits per heavy atom. The molecule has 4 heteroatoms. The van der Waals surface area contributed by atoms with Gasteiger partial charge in [-0.1, -0.05) is 0 Å². The van der Waals surface area contributed by atoms with E-state index in [1.807, 2.05) is 13.8 Å². The zero-order valence-corrected chi connectivity index (χ0v) is 7.59. The number of rotatable bonds is 2. The van der Waals surface area contributed by atoms with Crippen LogP contribution in [-0.2, 0) is 7.05 Å². The molecule has 0 aliphatic rings. The Kier molecular flexibility index (Phi) is 2.47. The van der Waals surface area contributed by atoms with Crippen molar-refractivity contribution in [2.75, 3.05) is 6.54 Å². The van der Waals surface area contributed by atoms with E-state index in [2.05, 4.69) is 10.4 Å². The molecule has 0 aliphatic carbocycles. The predicted molar refractivity (Wildman–Crippen MR) is 46.0 cm³/mol. The number of carbonyl (C=O) groups excluding carboxylic acids is 1. The Bertz CT molecular complexity index is 290. The van der Waals surface area contributed by atoms with Gasteiger partial charge < -0.3 is 5.32 Å². The molecule has 0 spiro atoms. The fourth-order valence-electron chi connectivity index (χ4n) is 1.07. The number of nitrogens with one attached hydrogen (secondary N) is 1.